The zero-order valence-corrected chi connectivity index (χ0v) is 12.8. The van der Waals surface area contributed by atoms with E-state index >= 15 is 0 Å². The molecule has 0 bridgehead atoms. The number of carbonyl (C=O) groups excluding carboxylic acids is 1. The van der Waals surface area contributed by atoms with Crippen LogP contribution in [0.25, 0.3) is 5.82 Å². The zero-order chi connectivity index (χ0) is 16.2. The van der Waals surface area contributed by atoms with Crippen molar-refractivity contribution in [3.05, 3.63) is 72.2 Å². The van der Waals surface area contributed by atoms with Gasteiger partial charge in [0.2, 0.25) is 0 Å². The van der Waals surface area contributed by atoms with Gasteiger partial charge >= 0.3 is 0 Å². The quantitative estimate of drug-likeness (QED) is 0.753. The summed E-state index contributed by atoms with van der Waals surface area (Å²) in [4.78, 5) is 12.6. The van der Waals surface area contributed by atoms with Gasteiger partial charge in [-0.05, 0) is 17.7 Å². The summed E-state index contributed by atoms with van der Waals surface area (Å²) in [6.45, 7) is -0.172. The first kappa shape index (κ1) is 15.1. The first-order valence-electron chi connectivity index (χ1n) is 7.32. The Balaban J connectivity index is 1.87. The topological polar surface area (TPSA) is 72.1 Å². The van der Waals surface area contributed by atoms with Gasteiger partial charge in [-0.1, -0.05) is 30.3 Å². The molecule has 0 spiro atoms. The van der Waals surface area contributed by atoms with Crippen LogP contribution in [0.5, 0.6) is 0 Å². The number of aryl methyl sites for hydroxylation is 1. The zero-order valence-electron chi connectivity index (χ0n) is 12.8. The van der Waals surface area contributed by atoms with E-state index in [0.717, 1.165) is 5.56 Å². The lowest BCUT2D eigenvalue weighted by Gasteiger charge is -2.17. The second kappa shape index (κ2) is 6.50. The van der Waals surface area contributed by atoms with Crippen LogP contribution in [0.15, 0.2) is 61.1 Å². The van der Waals surface area contributed by atoms with Gasteiger partial charge in [0, 0.05) is 19.4 Å². The minimum absolute atomic E-state index is 0.172. The van der Waals surface area contributed by atoms with E-state index in [2.05, 4.69) is 10.4 Å². The number of rotatable bonds is 5. The molecule has 1 amide bonds. The highest BCUT2D eigenvalue weighted by Crippen LogP contribution is 2.17. The number of nitrogens with zero attached hydrogens (tertiary/aromatic N) is 3. The van der Waals surface area contributed by atoms with Gasteiger partial charge in [0.25, 0.3) is 5.91 Å². The molecular formula is C17H18N4O2. The molecule has 6 heteroatoms. The Kier molecular flexibility index (Phi) is 4.25. The van der Waals surface area contributed by atoms with Crippen molar-refractivity contribution in [1.82, 2.24) is 19.7 Å². The molecule has 1 unspecified atom stereocenters. The number of nitrogens with one attached hydrogen (secondary N) is 1. The monoisotopic (exact) mass is 310 g/mol. The highest BCUT2D eigenvalue weighted by Gasteiger charge is 2.20. The predicted octanol–water partition coefficient (Wildman–Crippen LogP) is 1.67. The van der Waals surface area contributed by atoms with Gasteiger partial charge in [0.15, 0.2) is 0 Å². The Labute approximate surface area is 134 Å². The molecule has 0 aliphatic carbocycles. The fourth-order valence-corrected chi connectivity index (χ4v) is 2.53. The maximum absolute atomic E-state index is 12.6. The SMILES string of the molecule is Cn1ncc(C(=O)NC(CO)c2ccccc2)c1-n1cccc1. The molecule has 118 valence electrons. The molecule has 0 aliphatic heterocycles. The molecule has 1 atom stereocenters. The average molecular weight is 310 g/mol. The van der Waals surface area contributed by atoms with Gasteiger partial charge in [-0.2, -0.15) is 5.10 Å². The Hall–Kier alpha value is -2.86. The number of hydrogen-bond donors (Lipinski definition) is 2. The molecule has 6 nitrogen and oxygen atoms in total. The van der Waals surface area contributed by atoms with Crippen LogP contribution >= 0.6 is 0 Å². The summed E-state index contributed by atoms with van der Waals surface area (Å²) in [6.07, 6.45) is 5.24. The number of aliphatic hydroxyl groups is 1. The van der Waals surface area contributed by atoms with Crippen molar-refractivity contribution in [3.8, 4) is 5.82 Å². The Morgan fingerprint density at radius 3 is 2.57 bits per heavy atom. The van der Waals surface area contributed by atoms with Gasteiger partial charge < -0.3 is 15.0 Å². The minimum Gasteiger partial charge on any atom is -0.394 e. The molecule has 0 saturated carbocycles. The number of aliphatic hydroxyl groups excluding tert-OH is 1. The van der Waals surface area contributed by atoms with E-state index in [4.69, 9.17) is 0 Å². The summed E-state index contributed by atoms with van der Waals surface area (Å²) < 4.78 is 3.48. The second-order valence-corrected chi connectivity index (χ2v) is 5.22. The van der Waals surface area contributed by atoms with Crippen molar-refractivity contribution in [2.24, 2.45) is 7.05 Å². The van der Waals surface area contributed by atoms with E-state index in [-0.39, 0.29) is 12.5 Å². The van der Waals surface area contributed by atoms with Gasteiger partial charge in [-0.25, -0.2) is 0 Å². The Morgan fingerprint density at radius 2 is 1.91 bits per heavy atom. The first-order valence-corrected chi connectivity index (χ1v) is 7.32. The molecule has 1 aromatic carbocycles. The van der Waals surface area contributed by atoms with E-state index in [1.165, 1.54) is 6.20 Å². The van der Waals surface area contributed by atoms with Crippen LogP contribution < -0.4 is 5.32 Å². The van der Waals surface area contributed by atoms with Crippen molar-refractivity contribution >= 4 is 5.91 Å². The van der Waals surface area contributed by atoms with E-state index in [9.17, 15) is 9.90 Å². The number of benzene rings is 1. The van der Waals surface area contributed by atoms with Crippen LogP contribution in [0.1, 0.15) is 22.0 Å². The van der Waals surface area contributed by atoms with Crippen LogP contribution in [0, 0.1) is 0 Å². The third kappa shape index (κ3) is 3.02. The summed E-state index contributed by atoms with van der Waals surface area (Å²) in [5.74, 6) is 0.405. The summed E-state index contributed by atoms with van der Waals surface area (Å²) >= 11 is 0. The number of aromatic nitrogens is 3. The van der Waals surface area contributed by atoms with Crippen LogP contribution in [-0.4, -0.2) is 32.0 Å². The van der Waals surface area contributed by atoms with E-state index < -0.39 is 6.04 Å². The van der Waals surface area contributed by atoms with Gasteiger partial charge in [0.05, 0.1) is 18.8 Å². The standard InChI is InChI=1S/C17H18N4O2/c1-20-17(21-9-5-6-10-21)14(11-18-20)16(23)19-15(12-22)13-7-3-2-4-8-13/h2-11,15,22H,12H2,1H3,(H,19,23). The van der Waals surface area contributed by atoms with E-state index in [1.807, 2.05) is 59.4 Å². The molecule has 2 N–H and O–H groups in total. The normalized spacial score (nSPS) is 12.1. The largest absolute Gasteiger partial charge is 0.394 e. The van der Waals surface area contributed by atoms with Crippen molar-refractivity contribution in [2.75, 3.05) is 6.61 Å². The smallest absolute Gasteiger partial charge is 0.257 e. The Bertz CT molecular complexity index is 778. The number of carbonyl (C=O) groups is 1. The summed E-state index contributed by atoms with van der Waals surface area (Å²) in [7, 11) is 1.78. The van der Waals surface area contributed by atoms with Gasteiger partial charge in [-0.3, -0.25) is 9.48 Å². The molecule has 0 aliphatic rings. The van der Waals surface area contributed by atoms with Crippen molar-refractivity contribution in [1.29, 1.82) is 0 Å². The van der Waals surface area contributed by atoms with Crippen LogP contribution in [0.4, 0.5) is 0 Å². The van der Waals surface area contributed by atoms with Crippen LogP contribution in [0.3, 0.4) is 0 Å². The summed E-state index contributed by atoms with van der Waals surface area (Å²) in [6, 6.07) is 12.7. The van der Waals surface area contributed by atoms with Crippen LogP contribution in [0.2, 0.25) is 0 Å². The lowest BCUT2D eigenvalue weighted by molar-refractivity contribution is 0.0916. The molecule has 0 radical (unpaired) electrons. The fourth-order valence-electron chi connectivity index (χ4n) is 2.53. The molecule has 23 heavy (non-hydrogen) atoms. The van der Waals surface area contributed by atoms with Crippen molar-refractivity contribution in [3.63, 3.8) is 0 Å². The third-order valence-electron chi connectivity index (χ3n) is 3.69. The molecule has 0 saturated heterocycles. The molecule has 2 aromatic heterocycles. The van der Waals surface area contributed by atoms with Crippen molar-refractivity contribution in [2.45, 2.75) is 6.04 Å². The van der Waals surface area contributed by atoms with Gasteiger partial charge in [-0.15, -0.1) is 0 Å². The molecule has 3 rings (SSSR count). The van der Waals surface area contributed by atoms with E-state index in [0.29, 0.717) is 11.4 Å². The summed E-state index contributed by atoms with van der Waals surface area (Å²) in [5.41, 5.74) is 1.31. The maximum atomic E-state index is 12.6. The average Bonchev–Trinajstić information content (AvgIpc) is 3.22. The number of amides is 1. The number of hydrogen-bond acceptors (Lipinski definition) is 3. The maximum Gasteiger partial charge on any atom is 0.257 e. The van der Waals surface area contributed by atoms with Crippen LogP contribution in [-0.2, 0) is 7.05 Å². The van der Waals surface area contributed by atoms with Crippen molar-refractivity contribution < 1.29 is 9.90 Å². The predicted molar refractivity (Wildman–Crippen MR) is 86.3 cm³/mol. The lowest BCUT2D eigenvalue weighted by Crippen LogP contribution is -2.31. The Morgan fingerprint density at radius 1 is 1.22 bits per heavy atom. The molecular weight excluding hydrogens is 292 g/mol. The lowest BCUT2D eigenvalue weighted by atomic mass is 10.1. The second-order valence-electron chi connectivity index (χ2n) is 5.22. The van der Waals surface area contributed by atoms with Gasteiger partial charge in [0.1, 0.15) is 11.4 Å². The highest BCUT2D eigenvalue weighted by molar-refractivity contribution is 5.97. The third-order valence-corrected chi connectivity index (χ3v) is 3.69. The molecule has 2 heterocycles. The fraction of sp³-hybridized carbons (Fsp3) is 0.176. The minimum atomic E-state index is -0.457. The summed E-state index contributed by atoms with van der Waals surface area (Å²) in [5, 5.41) is 16.6. The molecule has 3 aromatic rings. The molecule has 0 fully saturated rings. The first-order chi connectivity index (χ1) is 11.2. The van der Waals surface area contributed by atoms with E-state index in [1.54, 1.807) is 11.7 Å². The highest BCUT2D eigenvalue weighted by atomic mass is 16.3.